The van der Waals surface area contributed by atoms with Crippen molar-refractivity contribution in [1.29, 1.82) is 0 Å². The number of carbonyl (C=O) groups excluding carboxylic acids is 2. The van der Waals surface area contributed by atoms with E-state index >= 15 is 0 Å². The van der Waals surface area contributed by atoms with E-state index in [1.807, 2.05) is 30.3 Å². The van der Waals surface area contributed by atoms with E-state index in [-0.39, 0.29) is 32.7 Å². The van der Waals surface area contributed by atoms with Crippen LogP contribution >= 0.6 is 0 Å². The number of pyridine rings is 1. The van der Waals surface area contributed by atoms with Crippen LogP contribution in [0, 0.1) is 0 Å². The number of ether oxygens (including phenoxy) is 2. The molecule has 1 saturated heterocycles. The molecule has 0 spiro atoms. The number of hydrogen-bond donors (Lipinski definition) is 1. The molecular weight excluding hydrogens is 422 g/mol. The molecule has 1 aliphatic heterocycles. The van der Waals surface area contributed by atoms with Crippen LogP contribution in [0.1, 0.15) is 18.2 Å². The summed E-state index contributed by atoms with van der Waals surface area (Å²) in [5.41, 5.74) is 1.40. The standard InChI is InChI=1S/C21H25N3O6S/c1-2-29-20(25)19(12-17-10-6-7-11-22-17)23-31(27,28)18-13-24(14-18)21(26)30-15-16-8-4-3-5-9-16/h3-11,18-19,23H,2,12-15H2,1H3. The average molecular weight is 448 g/mol. The number of aromatic nitrogens is 1. The van der Waals surface area contributed by atoms with Crippen LogP contribution < -0.4 is 4.72 Å². The Bertz CT molecular complexity index is 979. The number of hydrogen-bond acceptors (Lipinski definition) is 7. The van der Waals surface area contributed by atoms with E-state index in [1.54, 1.807) is 31.3 Å². The number of likely N-dealkylation sites (tertiary alicyclic amines) is 1. The van der Waals surface area contributed by atoms with E-state index in [4.69, 9.17) is 9.47 Å². The predicted octanol–water partition coefficient (Wildman–Crippen LogP) is 1.50. The van der Waals surface area contributed by atoms with Gasteiger partial charge in [0.1, 0.15) is 17.9 Å². The zero-order valence-electron chi connectivity index (χ0n) is 17.1. The molecule has 0 bridgehead atoms. The lowest BCUT2D eigenvalue weighted by Crippen LogP contribution is -2.61. The summed E-state index contributed by atoms with van der Waals surface area (Å²) >= 11 is 0. The van der Waals surface area contributed by atoms with E-state index in [0.717, 1.165) is 5.56 Å². The highest BCUT2D eigenvalue weighted by Crippen LogP contribution is 2.18. The maximum Gasteiger partial charge on any atom is 0.410 e. The summed E-state index contributed by atoms with van der Waals surface area (Å²) in [6, 6.07) is 13.3. The third-order valence-corrected chi connectivity index (χ3v) is 6.56. The van der Waals surface area contributed by atoms with E-state index in [2.05, 4.69) is 9.71 Å². The van der Waals surface area contributed by atoms with E-state index < -0.39 is 33.4 Å². The molecule has 1 amide bonds. The largest absolute Gasteiger partial charge is 0.465 e. The van der Waals surface area contributed by atoms with Crippen molar-refractivity contribution in [2.75, 3.05) is 19.7 Å². The van der Waals surface area contributed by atoms with Gasteiger partial charge in [0.05, 0.1) is 6.61 Å². The van der Waals surface area contributed by atoms with Gasteiger partial charge in [-0.1, -0.05) is 36.4 Å². The molecule has 1 unspecified atom stereocenters. The monoisotopic (exact) mass is 447 g/mol. The van der Waals surface area contributed by atoms with Crippen LogP contribution in [0.5, 0.6) is 0 Å². The molecule has 166 valence electrons. The maximum atomic E-state index is 12.8. The van der Waals surface area contributed by atoms with Crippen molar-refractivity contribution in [2.45, 2.75) is 31.2 Å². The Morgan fingerprint density at radius 2 is 1.84 bits per heavy atom. The zero-order chi connectivity index (χ0) is 22.3. The quantitative estimate of drug-likeness (QED) is 0.579. The van der Waals surface area contributed by atoms with Crippen molar-refractivity contribution >= 4 is 22.1 Å². The van der Waals surface area contributed by atoms with Crippen LogP contribution in [0.3, 0.4) is 0 Å². The first-order valence-corrected chi connectivity index (χ1v) is 11.5. The van der Waals surface area contributed by atoms with Crippen LogP contribution in [-0.2, 0) is 37.3 Å². The molecule has 1 fully saturated rings. The van der Waals surface area contributed by atoms with Gasteiger partial charge in [-0.15, -0.1) is 0 Å². The molecule has 0 radical (unpaired) electrons. The van der Waals surface area contributed by atoms with Gasteiger partial charge in [-0.2, -0.15) is 0 Å². The lowest BCUT2D eigenvalue weighted by Gasteiger charge is -2.38. The molecule has 31 heavy (non-hydrogen) atoms. The van der Waals surface area contributed by atoms with Gasteiger partial charge in [0.2, 0.25) is 10.0 Å². The molecule has 1 N–H and O–H groups in total. The van der Waals surface area contributed by atoms with Gasteiger partial charge in [-0.05, 0) is 24.6 Å². The van der Waals surface area contributed by atoms with Crippen LogP contribution in [0.2, 0.25) is 0 Å². The Hall–Kier alpha value is -2.98. The number of benzene rings is 1. The molecule has 3 rings (SSSR count). The number of esters is 1. The van der Waals surface area contributed by atoms with E-state index in [9.17, 15) is 18.0 Å². The number of rotatable bonds is 9. The predicted molar refractivity (Wildman–Crippen MR) is 112 cm³/mol. The van der Waals surface area contributed by atoms with Crippen LogP contribution in [0.4, 0.5) is 4.79 Å². The first kappa shape index (κ1) is 22.7. The topological polar surface area (TPSA) is 115 Å². The summed E-state index contributed by atoms with van der Waals surface area (Å²) in [4.78, 5) is 29.9. The van der Waals surface area contributed by atoms with E-state index in [0.29, 0.717) is 5.69 Å². The van der Waals surface area contributed by atoms with E-state index in [1.165, 1.54) is 4.90 Å². The molecule has 1 aromatic heterocycles. The number of carbonyl (C=O) groups is 2. The van der Waals surface area contributed by atoms with Gasteiger partial charge >= 0.3 is 12.1 Å². The zero-order valence-corrected chi connectivity index (χ0v) is 18.0. The minimum Gasteiger partial charge on any atom is -0.465 e. The summed E-state index contributed by atoms with van der Waals surface area (Å²) in [7, 11) is -3.87. The molecule has 10 heteroatoms. The van der Waals surface area contributed by atoms with Crippen molar-refractivity contribution in [2.24, 2.45) is 0 Å². The van der Waals surface area contributed by atoms with Crippen LogP contribution in [0.25, 0.3) is 0 Å². The van der Waals surface area contributed by atoms with Crippen molar-refractivity contribution in [3.63, 3.8) is 0 Å². The highest BCUT2D eigenvalue weighted by molar-refractivity contribution is 7.90. The molecule has 1 aliphatic rings. The summed E-state index contributed by atoms with van der Waals surface area (Å²) in [5.74, 6) is -0.671. The van der Waals surface area contributed by atoms with Gasteiger partial charge in [0, 0.05) is 31.4 Å². The average Bonchev–Trinajstić information content (AvgIpc) is 2.72. The van der Waals surface area contributed by atoms with Crippen molar-refractivity contribution in [3.05, 3.63) is 66.0 Å². The summed E-state index contributed by atoms with van der Waals surface area (Å²) < 4.78 is 38.1. The maximum absolute atomic E-state index is 12.8. The van der Waals surface area contributed by atoms with Gasteiger partial charge in [0.15, 0.2) is 0 Å². The second-order valence-corrected chi connectivity index (χ2v) is 9.05. The fourth-order valence-electron chi connectivity index (χ4n) is 3.03. The summed E-state index contributed by atoms with van der Waals surface area (Å²) in [6.45, 7) is 1.86. The second kappa shape index (κ2) is 10.4. The normalized spacial score (nSPS) is 15.1. The number of sulfonamides is 1. The van der Waals surface area contributed by atoms with Crippen LogP contribution in [0.15, 0.2) is 54.7 Å². The summed E-state index contributed by atoms with van der Waals surface area (Å²) in [5, 5.41) is -0.836. The second-order valence-electron chi connectivity index (χ2n) is 7.06. The molecule has 1 atom stereocenters. The molecule has 0 saturated carbocycles. The Morgan fingerprint density at radius 3 is 2.48 bits per heavy atom. The van der Waals surface area contributed by atoms with Crippen molar-refractivity contribution in [3.8, 4) is 0 Å². The van der Waals surface area contributed by atoms with Crippen molar-refractivity contribution in [1.82, 2.24) is 14.6 Å². The molecule has 2 aromatic rings. The Kier molecular flexibility index (Phi) is 7.59. The minimum atomic E-state index is -3.87. The third kappa shape index (κ3) is 6.25. The number of amides is 1. The fraction of sp³-hybridized carbons (Fsp3) is 0.381. The molecule has 2 heterocycles. The molecule has 0 aliphatic carbocycles. The summed E-state index contributed by atoms with van der Waals surface area (Å²) in [6.07, 6.45) is 1.05. The number of nitrogens with one attached hydrogen (secondary N) is 1. The SMILES string of the molecule is CCOC(=O)C(Cc1ccccn1)NS(=O)(=O)C1CN(C(=O)OCc2ccccc2)C1. The third-order valence-electron chi connectivity index (χ3n) is 4.77. The van der Waals surface area contributed by atoms with Crippen molar-refractivity contribution < 1.29 is 27.5 Å². The Balaban J connectivity index is 1.55. The Labute approximate surface area is 181 Å². The molecule has 1 aromatic carbocycles. The minimum absolute atomic E-state index is 0.0118. The van der Waals surface area contributed by atoms with Crippen LogP contribution in [-0.4, -0.2) is 61.4 Å². The first-order chi connectivity index (χ1) is 14.9. The smallest absolute Gasteiger partial charge is 0.410 e. The Morgan fingerprint density at radius 1 is 1.13 bits per heavy atom. The number of nitrogens with zero attached hydrogens (tertiary/aromatic N) is 2. The lowest BCUT2D eigenvalue weighted by atomic mass is 10.1. The van der Waals surface area contributed by atoms with Gasteiger partial charge in [0.25, 0.3) is 0 Å². The fourth-order valence-corrected chi connectivity index (χ4v) is 4.55. The molecule has 9 nitrogen and oxygen atoms in total. The van der Waals surface area contributed by atoms with Gasteiger partial charge in [-0.25, -0.2) is 17.9 Å². The lowest BCUT2D eigenvalue weighted by molar-refractivity contribution is -0.145. The highest BCUT2D eigenvalue weighted by Gasteiger charge is 2.42. The van der Waals surface area contributed by atoms with Gasteiger partial charge < -0.3 is 14.4 Å². The molecular formula is C21H25N3O6S. The van der Waals surface area contributed by atoms with Gasteiger partial charge in [-0.3, -0.25) is 9.78 Å². The first-order valence-electron chi connectivity index (χ1n) is 9.92. The highest BCUT2D eigenvalue weighted by atomic mass is 32.2.